The van der Waals surface area contributed by atoms with E-state index >= 15 is 0 Å². The second-order valence-electron chi connectivity index (χ2n) is 6.68. The molecule has 2 heterocycles. The summed E-state index contributed by atoms with van der Waals surface area (Å²) in [6.45, 7) is 0.539. The Morgan fingerprint density at radius 2 is 1.83 bits per heavy atom. The highest BCUT2D eigenvalue weighted by atomic mass is 16.5. The van der Waals surface area contributed by atoms with Crippen molar-refractivity contribution in [3.05, 3.63) is 71.5 Å². The first-order valence-electron chi connectivity index (χ1n) is 9.35. The minimum Gasteiger partial charge on any atom is -0.493 e. The van der Waals surface area contributed by atoms with Crippen LogP contribution >= 0.6 is 0 Å². The number of aromatic nitrogens is 2. The van der Waals surface area contributed by atoms with Crippen molar-refractivity contribution in [2.75, 3.05) is 25.7 Å². The summed E-state index contributed by atoms with van der Waals surface area (Å²) in [5, 5.41) is 4.48. The number of amides is 1. The van der Waals surface area contributed by atoms with Gasteiger partial charge in [0.05, 0.1) is 31.7 Å². The molecule has 7 heteroatoms. The van der Waals surface area contributed by atoms with Crippen LogP contribution < -0.4 is 9.64 Å². The summed E-state index contributed by atoms with van der Waals surface area (Å²) in [7, 11) is 2.87. The van der Waals surface area contributed by atoms with Crippen molar-refractivity contribution in [2.45, 2.75) is 12.8 Å². The summed E-state index contributed by atoms with van der Waals surface area (Å²) in [4.78, 5) is 27.2. The first-order valence-corrected chi connectivity index (χ1v) is 9.35. The molecule has 0 bridgehead atoms. The second-order valence-corrected chi connectivity index (χ2v) is 6.68. The van der Waals surface area contributed by atoms with Crippen molar-refractivity contribution in [1.82, 2.24) is 9.78 Å². The van der Waals surface area contributed by atoms with Crippen molar-refractivity contribution in [3.8, 4) is 11.4 Å². The van der Waals surface area contributed by atoms with E-state index in [0.29, 0.717) is 30.0 Å². The van der Waals surface area contributed by atoms with Crippen LogP contribution in [0.5, 0.6) is 5.75 Å². The summed E-state index contributed by atoms with van der Waals surface area (Å²) in [6.07, 6.45) is 3.15. The molecule has 7 nitrogen and oxygen atoms in total. The number of benzene rings is 2. The molecule has 4 rings (SSSR count). The zero-order valence-electron chi connectivity index (χ0n) is 16.3. The highest BCUT2D eigenvalue weighted by Crippen LogP contribution is 2.32. The number of para-hydroxylation sites is 1. The number of hydrogen-bond acceptors (Lipinski definition) is 5. The standard InChI is InChI=1S/C22H21N3O4/c1-28-19-14-25(15-8-4-3-5-9-15)23-20(19)21(26)24-13-7-11-16-17(22(27)29-2)10-6-12-18(16)24/h3-6,8-10,12,14H,7,11,13H2,1-2H3. The van der Waals surface area contributed by atoms with Crippen molar-refractivity contribution in [2.24, 2.45) is 0 Å². The van der Waals surface area contributed by atoms with Crippen molar-refractivity contribution < 1.29 is 19.1 Å². The second kappa shape index (κ2) is 7.79. The van der Waals surface area contributed by atoms with Gasteiger partial charge >= 0.3 is 5.97 Å². The van der Waals surface area contributed by atoms with Crippen LogP contribution in [0.25, 0.3) is 5.69 Å². The van der Waals surface area contributed by atoms with Gasteiger partial charge in [0.25, 0.3) is 5.91 Å². The maximum absolute atomic E-state index is 13.4. The first-order chi connectivity index (χ1) is 14.1. The summed E-state index contributed by atoms with van der Waals surface area (Å²) in [6, 6.07) is 14.9. The molecule has 1 aliphatic rings. The normalized spacial score (nSPS) is 13.0. The zero-order chi connectivity index (χ0) is 20.4. The smallest absolute Gasteiger partial charge is 0.338 e. The van der Waals surface area contributed by atoms with Gasteiger partial charge in [0.1, 0.15) is 0 Å². The number of anilines is 1. The van der Waals surface area contributed by atoms with Gasteiger partial charge in [-0.05, 0) is 42.7 Å². The largest absolute Gasteiger partial charge is 0.493 e. The number of ether oxygens (including phenoxy) is 2. The third kappa shape index (κ3) is 3.35. The number of esters is 1. The minimum atomic E-state index is -0.401. The molecule has 3 aromatic rings. The third-order valence-corrected chi connectivity index (χ3v) is 5.02. The van der Waals surface area contributed by atoms with Gasteiger partial charge in [0, 0.05) is 12.2 Å². The molecule has 1 aromatic heterocycles. The Labute approximate surface area is 168 Å². The van der Waals surface area contributed by atoms with Crippen LogP contribution in [0.2, 0.25) is 0 Å². The molecule has 0 aliphatic carbocycles. The Kier molecular flexibility index (Phi) is 5.03. The van der Waals surface area contributed by atoms with E-state index in [9.17, 15) is 9.59 Å². The number of carbonyl (C=O) groups is 2. The molecule has 0 radical (unpaired) electrons. The van der Waals surface area contributed by atoms with E-state index in [1.807, 2.05) is 36.4 Å². The fourth-order valence-electron chi connectivity index (χ4n) is 3.63. The maximum Gasteiger partial charge on any atom is 0.338 e. The van der Waals surface area contributed by atoms with E-state index < -0.39 is 5.97 Å². The van der Waals surface area contributed by atoms with Gasteiger partial charge in [-0.3, -0.25) is 4.79 Å². The van der Waals surface area contributed by atoms with Crippen LogP contribution in [0.1, 0.15) is 32.8 Å². The van der Waals surface area contributed by atoms with Gasteiger partial charge in [-0.25, -0.2) is 9.48 Å². The zero-order valence-corrected chi connectivity index (χ0v) is 16.3. The van der Waals surface area contributed by atoms with Crippen LogP contribution in [-0.2, 0) is 11.2 Å². The van der Waals surface area contributed by atoms with E-state index in [1.54, 1.807) is 27.9 Å². The van der Waals surface area contributed by atoms with Gasteiger partial charge in [-0.15, -0.1) is 0 Å². The summed E-state index contributed by atoms with van der Waals surface area (Å²) in [5.74, 6) is -0.267. The molecule has 0 atom stereocenters. The van der Waals surface area contributed by atoms with E-state index in [0.717, 1.165) is 17.7 Å². The molecule has 0 fully saturated rings. The lowest BCUT2D eigenvalue weighted by Crippen LogP contribution is -2.36. The molecule has 0 unspecified atom stereocenters. The predicted molar refractivity (Wildman–Crippen MR) is 108 cm³/mol. The van der Waals surface area contributed by atoms with Crippen molar-refractivity contribution in [3.63, 3.8) is 0 Å². The van der Waals surface area contributed by atoms with Crippen LogP contribution in [-0.4, -0.2) is 42.4 Å². The number of hydrogen-bond donors (Lipinski definition) is 0. The molecular weight excluding hydrogens is 370 g/mol. The average Bonchev–Trinajstić information content (AvgIpc) is 3.22. The van der Waals surface area contributed by atoms with E-state index in [-0.39, 0.29) is 11.6 Å². The molecule has 1 aliphatic heterocycles. The topological polar surface area (TPSA) is 73.7 Å². The van der Waals surface area contributed by atoms with Gasteiger partial charge in [-0.2, -0.15) is 5.10 Å². The van der Waals surface area contributed by atoms with E-state index in [2.05, 4.69) is 5.10 Å². The summed E-state index contributed by atoms with van der Waals surface area (Å²) >= 11 is 0. The molecule has 0 saturated heterocycles. The quantitative estimate of drug-likeness (QED) is 0.638. The third-order valence-electron chi connectivity index (χ3n) is 5.02. The molecule has 29 heavy (non-hydrogen) atoms. The highest BCUT2D eigenvalue weighted by Gasteiger charge is 2.30. The van der Waals surface area contributed by atoms with Crippen LogP contribution in [0.4, 0.5) is 5.69 Å². The highest BCUT2D eigenvalue weighted by molar-refractivity contribution is 6.08. The Bertz CT molecular complexity index is 1060. The van der Waals surface area contributed by atoms with Crippen LogP contribution in [0.3, 0.4) is 0 Å². The molecule has 2 aromatic carbocycles. The number of fused-ring (bicyclic) bond motifs is 1. The molecule has 0 N–H and O–H groups in total. The maximum atomic E-state index is 13.4. The average molecular weight is 391 g/mol. The molecule has 148 valence electrons. The van der Waals surface area contributed by atoms with Crippen molar-refractivity contribution in [1.29, 1.82) is 0 Å². The number of methoxy groups -OCH3 is 2. The van der Waals surface area contributed by atoms with Crippen LogP contribution in [0.15, 0.2) is 54.7 Å². The first kappa shape index (κ1) is 18.7. The minimum absolute atomic E-state index is 0.229. The van der Waals surface area contributed by atoms with Gasteiger partial charge < -0.3 is 14.4 Å². The van der Waals surface area contributed by atoms with E-state index in [1.165, 1.54) is 14.2 Å². The Hall–Kier alpha value is -3.61. The number of rotatable bonds is 4. The molecular formula is C22H21N3O4. The Morgan fingerprint density at radius 1 is 1.03 bits per heavy atom. The summed E-state index contributed by atoms with van der Waals surface area (Å²) < 4.78 is 11.9. The summed E-state index contributed by atoms with van der Waals surface area (Å²) in [5.41, 5.74) is 3.08. The molecule has 1 amide bonds. The predicted octanol–water partition coefficient (Wildman–Crippen LogP) is 3.26. The lowest BCUT2D eigenvalue weighted by molar-refractivity contribution is 0.0599. The van der Waals surface area contributed by atoms with Gasteiger partial charge in [-0.1, -0.05) is 24.3 Å². The fourth-order valence-corrected chi connectivity index (χ4v) is 3.63. The molecule has 0 spiro atoms. The van der Waals surface area contributed by atoms with Crippen LogP contribution in [0, 0.1) is 0 Å². The Morgan fingerprint density at radius 3 is 2.55 bits per heavy atom. The SMILES string of the molecule is COC(=O)c1cccc2c1CCCN2C(=O)c1nn(-c2ccccc2)cc1OC. The lowest BCUT2D eigenvalue weighted by atomic mass is 9.96. The number of carbonyl (C=O) groups excluding carboxylic acids is 2. The fraction of sp³-hybridized carbons (Fsp3) is 0.227. The van der Waals surface area contributed by atoms with Gasteiger partial charge in [0.15, 0.2) is 11.4 Å². The van der Waals surface area contributed by atoms with Gasteiger partial charge in [0.2, 0.25) is 0 Å². The monoisotopic (exact) mass is 391 g/mol. The Balaban J connectivity index is 1.74. The van der Waals surface area contributed by atoms with E-state index in [4.69, 9.17) is 9.47 Å². The molecule has 0 saturated carbocycles. The lowest BCUT2D eigenvalue weighted by Gasteiger charge is -2.30. The van der Waals surface area contributed by atoms with Crippen molar-refractivity contribution >= 4 is 17.6 Å². The number of nitrogens with zero attached hydrogens (tertiary/aromatic N) is 3.